The maximum absolute atomic E-state index is 14.4. The minimum atomic E-state index is -1.43. The molecule has 51 heavy (non-hydrogen) atoms. The number of carbonyl (C=O) groups is 4. The van der Waals surface area contributed by atoms with Crippen LogP contribution in [0.4, 0.5) is 4.79 Å². The smallest absolute Gasteiger partial charge is 0.426 e. The number of hydrogen-bond acceptors (Lipinski definition) is 8. The van der Waals surface area contributed by atoms with Crippen molar-refractivity contribution in [2.24, 2.45) is 17.8 Å². The summed E-state index contributed by atoms with van der Waals surface area (Å²) >= 11 is 0. The van der Waals surface area contributed by atoms with Gasteiger partial charge < -0.3 is 24.6 Å². The van der Waals surface area contributed by atoms with Crippen LogP contribution < -0.4 is 20.2 Å². The first-order valence-electron chi connectivity index (χ1n) is 17.6. The van der Waals surface area contributed by atoms with Crippen LogP contribution in [0.25, 0.3) is 22.2 Å². The third kappa shape index (κ3) is 8.10. The van der Waals surface area contributed by atoms with E-state index >= 15 is 0 Å². The summed E-state index contributed by atoms with van der Waals surface area (Å²) in [7, 11) is 1.59. The SMILES string of the molecule is COc1ccc2c(O[C@@H]3C[C@H]4C(=O)N[C@]5(C(=O)O)C[C@H]5C=CCCCCCN(NC(=O)OC(C)(C)C)C(=O)[C@@H]4C3)cc(-c3ccccc3)nc2c1. The van der Waals surface area contributed by atoms with Crippen LogP contribution in [0.1, 0.15) is 65.7 Å². The average molecular weight is 699 g/mol. The van der Waals surface area contributed by atoms with Crippen molar-refractivity contribution in [1.82, 2.24) is 20.7 Å². The van der Waals surface area contributed by atoms with E-state index in [9.17, 15) is 24.3 Å². The predicted molar refractivity (Wildman–Crippen MR) is 190 cm³/mol. The highest BCUT2D eigenvalue weighted by Crippen LogP contribution is 2.47. The molecule has 270 valence electrons. The lowest BCUT2D eigenvalue weighted by atomic mass is 9.93. The fraction of sp³-hybridized carbons (Fsp3) is 0.462. The summed E-state index contributed by atoms with van der Waals surface area (Å²) in [6, 6.07) is 17.0. The van der Waals surface area contributed by atoms with Gasteiger partial charge in [-0.25, -0.2) is 20.0 Å². The van der Waals surface area contributed by atoms with E-state index in [2.05, 4.69) is 10.7 Å². The number of aromatic nitrogens is 1. The van der Waals surface area contributed by atoms with Gasteiger partial charge in [0.1, 0.15) is 28.7 Å². The Labute approximate surface area is 297 Å². The van der Waals surface area contributed by atoms with E-state index in [1.54, 1.807) is 27.9 Å². The van der Waals surface area contributed by atoms with E-state index in [4.69, 9.17) is 19.2 Å². The number of hydrogen-bond donors (Lipinski definition) is 3. The van der Waals surface area contributed by atoms with Gasteiger partial charge in [0, 0.05) is 35.5 Å². The molecule has 12 nitrogen and oxygen atoms in total. The minimum Gasteiger partial charge on any atom is -0.497 e. The summed E-state index contributed by atoms with van der Waals surface area (Å²) in [5, 5.41) is 15.0. The Kier molecular flexibility index (Phi) is 10.2. The number of methoxy groups -OCH3 is 1. The molecular formula is C39H46N4O8. The number of benzene rings is 2. The van der Waals surface area contributed by atoms with Crippen molar-refractivity contribution in [2.75, 3.05) is 13.7 Å². The second kappa shape index (κ2) is 14.6. The zero-order valence-electron chi connectivity index (χ0n) is 29.5. The molecule has 3 N–H and O–H groups in total. The van der Waals surface area contributed by atoms with Crippen molar-refractivity contribution in [3.8, 4) is 22.8 Å². The highest BCUT2D eigenvalue weighted by atomic mass is 16.6. The second-order valence-electron chi connectivity index (χ2n) is 14.6. The summed E-state index contributed by atoms with van der Waals surface area (Å²) in [6.45, 7) is 5.42. The summed E-state index contributed by atoms with van der Waals surface area (Å²) in [5.41, 5.74) is 2.62. The molecule has 3 aliphatic rings. The molecule has 6 rings (SSSR count). The number of nitrogens with zero attached hydrogens (tertiary/aromatic N) is 2. The molecule has 3 amide bonds. The summed E-state index contributed by atoms with van der Waals surface area (Å²) in [6.07, 6.45) is 6.00. The lowest BCUT2D eigenvalue weighted by Crippen LogP contribution is -2.53. The summed E-state index contributed by atoms with van der Waals surface area (Å²) < 4.78 is 17.6. The molecule has 0 bridgehead atoms. The molecule has 5 atom stereocenters. The van der Waals surface area contributed by atoms with E-state index in [1.165, 1.54) is 5.01 Å². The van der Waals surface area contributed by atoms with Gasteiger partial charge in [-0.15, -0.1) is 0 Å². The third-order valence-corrected chi connectivity index (χ3v) is 9.77. The highest BCUT2D eigenvalue weighted by molar-refractivity contribution is 5.95. The monoisotopic (exact) mass is 698 g/mol. The largest absolute Gasteiger partial charge is 0.497 e. The molecule has 0 unspecified atom stereocenters. The van der Waals surface area contributed by atoms with E-state index in [0.29, 0.717) is 29.1 Å². The molecule has 0 saturated heterocycles. The lowest BCUT2D eigenvalue weighted by molar-refractivity contribution is -0.146. The van der Waals surface area contributed by atoms with Gasteiger partial charge in [-0.05, 0) is 71.4 Å². The van der Waals surface area contributed by atoms with Crippen molar-refractivity contribution in [2.45, 2.75) is 83.0 Å². The molecule has 2 aromatic carbocycles. The van der Waals surface area contributed by atoms with Crippen molar-refractivity contribution in [3.63, 3.8) is 0 Å². The van der Waals surface area contributed by atoms with Crippen molar-refractivity contribution in [3.05, 3.63) is 66.7 Å². The zero-order chi connectivity index (χ0) is 36.3. The maximum Gasteiger partial charge on any atom is 0.426 e. The first kappa shape index (κ1) is 35.7. The quantitative estimate of drug-likeness (QED) is 0.261. The van der Waals surface area contributed by atoms with Crippen molar-refractivity contribution < 1.29 is 38.5 Å². The van der Waals surface area contributed by atoms with Gasteiger partial charge in [-0.1, -0.05) is 48.9 Å². The van der Waals surface area contributed by atoms with Gasteiger partial charge >= 0.3 is 12.1 Å². The molecule has 0 spiro atoms. The Balaban J connectivity index is 1.34. The fourth-order valence-corrected chi connectivity index (χ4v) is 7.06. The van der Waals surface area contributed by atoms with Gasteiger partial charge in [-0.3, -0.25) is 14.6 Å². The molecule has 2 fully saturated rings. The van der Waals surface area contributed by atoms with Crippen LogP contribution in [0, 0.1) is 17.8 Å². The number of aliphatic carboxylic acids is 1. The molecule has 2 saturated carbocycles. The van der Waals surface area contributed by atoms with Gasteiger partial charge in [0.25, 0.3) is 0 Å². The van der Waals surface area contributed by atoms with Crippen LogP contribution >= 0.6 is 0 Å². The third-order valence-electron chi connectivity index (χ3n) is 9.77. The predicted octanol–water partition coefficient (Wildman–Crippen LogP) is 6.04. The number of hydrazine groups is 1. The molecule has 0 radical (unpaired) electrons. The lowest BCUT2D eigenvalue weighted by Gasteiger charge is -2.30. The zero-order valence-corrected chi connectivity index (χ0v) is 29.5. The summed E-state index contributed by atoms with van der Waals surface area (Å²) in [4.78, 5) is 58.8. The van der Waals surface area contributed by atoms with Crippen LogP contribution in [-0.4, -0.2) is 69.9 Å². The highest BCUT2D eigenvalue weighted by Gasteiger charge is 2.61. The first-order chi connectivity index (χ1) is 24.4. The van der Waals surface area contributed by atoms with Gasteiger partial charge in [-0.2, -0.15) is 0 Å². The number of carboxylic acids is 1. The number of fused-ring (bicyclic) bond motifs is 3. The van der Waals surface area contributed by atoms with E-state index < -0.39 is 53.0 Å². The molecule has 3 aromatic rings. The Bertz CT molecular complexity index is 1820. The minimum absolute atomic E-state index is 0.152. The van der Waals surface area contributed by atoms with Gasteiger partial charge in [0.2, 0.25) is 11.8 Å². The number of nitrogens with one attached hydrogen (secondary N) is 2. The molecular weight excluding hydrogens is 652 g/mol. The number of allylic oxidation sites excluding steroid dienone is 1. The number of pyridine rings is 1. The van der Waals surface area contributed by atoms with Crippen molar-refractivity contribution >= 4 is 34.8 Å². The fourth-order valence-electron chi connectivity index (χ4n) is 7.06. The Morgan fingerprint density at radius 1 is 1.02 bits per heavy atom. The topological polar surface area (TPSA) is 156 Å². The van der Waals surface area contributed by atoms with Crippen LogP contribution in [0.5, 0.6) is 11.5 Å². The molecule has 1 aromatic heterocycles. The van der Waals surface area contributed by atoms with Crippen LogP contribution in [0.15, 0.2) is 66.7 Å². The van der Waals surface area contributed by atoms with Gasteiger partial charge in [0.15, 0.2) is 0 Å². The average Bonchev–Trinajstić information content (AvgIpc) is 3.63. The van der Waals surface area contributed by atoms with Crippen LogP contribution in [0.2, 0.25) is 0 Å². The number of rotatable bonds is 6. The first-order valence-corrected chi connectivity index (χ1v) is 17.6. The standard InChI is InChI=1S/C39H46N4O8/c1-38(2,3)51-37(48)42-43-18-12-7-5-6-11-15-25-23-39(25,36(46)47)41-34(44)29-19-27(20-30(29)35(43)45)50-33-22-31(24-13-9-8-10-14-24)40-32-21-26(49-4)16-17-28(32)33/h8-11,13-17,21-22,25,27,29-30H,5-7,12,18-20,23H2,1-4H3,(H,41,44)(H,42,48)(H,46,47)/t25-,27-,29-,30-,39-/m1/s1. The van der Waals surface area contributed by atoms with E-state index in [1.807, 2.05) is 66.7 Å². The Morgan fingerprint density at radius 2 is 1.78 bits per heavy atom. The number of carbonyl (C=O) groups excluding carboxylic acids is 3. The number of carboxylic acid groups (broad SMARTS) is 1. The number of ether oxygens (including phenoxy) is 3. The Morgan fingerprint density at radius 3 is 2.51 bits per heavy atom. The molecule has 1 aliphatic heterocycles. The summed E-state index contributed by atoms with van der Waals surface area (Å²) in [5.74, 6) is -3.09. The molecule has 2 heterocycles. The second-order valence-corrected chi connectivity index (χ2v) is 14.6. The number of amides is 3. The Hall–Kier alpha value is -5.13. The van der Waals surface area contributed by atoms with Gasteiger partial charge in [0.05, 0.1) is 30.2 Å². The maximum atomic E-state index is 14.4. The van der Waals surface area contributed by atoms with E-state index in [-0.39, 0.29) is 31.7 Å². The normalized spacial score (nSPS) is 25.5. The van der Waals surface area contributed by atoms with Crippen LogP contribution in [0.3, 0.4) is 0 Å². The molecule has 12 heteroatoms. The van der Waals surface area contributed by atoms with E-state index in [0.717, 1.165) is 30.2 Å². The molecule has 2 aliphatic carbocycles. The van der Waals surface area contributed by atoms with Crippen LogP contribution in [-0.2, 0) is 19.1 Å². The van der Waals surface area contributed by atoms with Crippen molar-refractivity contribution in [1.29, 1.82) is 0 Å².